The molecule has 1 rings (SSSR count). The Hall–Kier alpha value is -0.430. The molecule has 0 saturated heterocycles. The SMILES string of the molecule is CCC(C)(C)C(NN)c1c(Br)cnn1CCN(C)C. The molecule has 0 aliphatic carbocycles. The maximum atomic E-state index is 5.80. The Labute approximate surface area is 124 Å². The van der Waals surface area contributed by atoms with E-state index in [1.54, 1.807) is 0 Å². The quantitative estimate of drug-likeness (QED) is 0.593. The van der Waals surface area contributed by atoms with Gasteiger partial charge >= 0.3 is 0 Å². The van der Waals surface area contributed by atoms with Gasteiger partial charge in [0.1, 0.15) is 0 Å². The number of hydrogen-bond acceptors (Lipinski definition) is 4. The third-order valence-electron chi connectivity index (χ3n) is 3.73. The standard InChI is InChI=1S/C13H26BrN5/c1-6-13(2,3)12(17-15)11-10(14)9-16-19(11)8-7-18(4)5/h9,12,17H,6-8,15H2,1-5H3. The van der Waals surface area contributed by atoms with Crippen molar-refractivity contribution in [1.82, 2.24) is 20.1 Å². The number of rotatable bonds is 7. The lowest BCUT2D eigenvalue weighted by Gasteiger charge is -2.33. The molecule has 1 heterocycles. The van der Waals surface area contributed by atoms with Crippen molar-refractivity contribution in [2.24, 2.45) is 11.3 Å². The van der Waals surface area contributed by atoms with Crippen LogP contribution in [0.5, 0.6) is 0 Å². The van der Waals surface area contributed by atoms with Crippen molar-refractivity contribution in [3.8, 4) is 0 Å². The highest BCUT2D eigenvalue weighted by atomic mass is 79.9. The summed E-state index contributed by atoms with van der Waals surface area (Å²) in [4.78, 5) is 2.15. The van der Waals surface area contributed by atoms with Gasteiger partial charge in [-0.2, -0.15) is 5.10 Å². The average Bonchev–Trinajstić information content (AvgIpc) is 2.69. The van der Waals surface area contributed by atoms with Crippen LogP contribution in [0.1, 0.15) is 38.9 Å². The molecule has 1 aromatic rings. The van der Waals surface area contributed by atoms with Gasteiger partial charge in [0.15, 0.2) is 0 Å². The largest absolute Gasteiger partial charge is 0.308 e. The Bertz CT molecular complexity index is 400. The Kier molecular flexibility index (Phi) is 5.98. The van der Waals surface area contributed by atoms with Crippen molar-refractivity contribution in [2.45, 2.75) is 39.8 Å². The first-order chi connectivity index (χ1) is 8.83. The molecule has 1 atom stereocenters. The second-order valence-corrected chi connectivity index (χ2v) is 6.70. The van der Waals surface area contributed by atoms with Gasteiger partial charge in [-0.15, -0.1) is 0 Å². The van der Waals surface area contributed by atoms with Crippen LogP contribution < -0.4 is 11.3 Å². The van der Waals surface area contributed by atoms with E-state index in [4.69, 9.17) is 5.84 Å². The van der Waals surface area contributed by atoms with E-state index in [0.29, 0.717) is 0 Å². The first kappa shape index (κ1) is 16.6. The number of aromatic nitrogens is 2. The van der Waals surface area contributed by atoms with E-state index in [1.165, 1.54) is 0 Å². The molecule has 0 saturated carbocycles. The summed E-state index contributed by atoms with van der Waals surface area (Å²) in [5, 5.41) is 4.45. The van der Waals surface area contributed by atoms with Crippen LogP contribution in [0.25, 0.3) is 0 Å². The number of hydrazine groups is 1. The number of nitrogens with one attached hydrogen (secondary N) is 1. The molecular formula is C13H26BrN5. The molecule has 5 nitrogen and oxygen atoms in total. The van der Waals surface area contributed by atoms with Crippen molar-refractivity contribution in [3.05, 3.63) is 16.4 Å². The van der Waals surface area contributed by atoms with E-state index < -0.39 is 0 Å². The molecule has 3 N–H and O–H groups in total. The number of halogens is 1. The number of hydrogen-bond donors (Lipinski definition) is 2. The topological polar surface area (TPSA) is 59.1 Å². The lowest BCUT2D eigenvalue weighted by atomic mass is 9.80. The Balaban J connectivity index is 3.06. The maximum Gasteiger partial charge on any atom is 0.0715 e. The Morgan fingerprint density at radius 1 is 1.53 bits per heavy atom. The highest BCUT2D eigenvalue weighted by Crippen LogP contribution is 2.38. The first-order valence-electron chi connectivity index (χ1n) is 6.65. The van der Waals surface area contributed by atoms with Crippen LogP contribution in [0.4, 0.5) is 0 Å². The lowest BCUT2D eigenvalue weighted by Crippen LogP contribution is -2.40. The molecule has 0 fully saturated rings. The summed E-state index contributed by atoms with van der Waals surface area (Å²) in [5.41, 5.74) is 4.14. The van der Waals surface area contributed by atoms with Gasteiger partial charge in [-0.1, -0.05) is 20.8 Å². The summed E-state index contributed by atoms with van der Waals surface area (Å²) < 4.78 is 3.04. The van der Waals surface area contributed by atoms with Crippen LogP contribution in [-0.2, 0) is 6.54 Å². The summed E-state index contributed by atoms with van der Waals surface area (Å²) in [6.07, 6.45) is 2.88. The summed E-state index contributed by atoms with van der Waals surface area (Å²) >= 11 is 3.59. The minimum absolute atomic E-state index is 0.0627. The van der Waals surface area contributed by atoms with Gasteiger partial charge in [0.2, 0.25) is 0 Å². The normalized spacial score (nSPS) is 14.1. The van der Waals surface area contributed by atoms with Gasteiger partial charge in [0.25, 0.3) is 0 Å². The molecule has 19 heavy (non-hydrogen) atoms. The molecule has 0 spiro atoms. The van der Waals surface area contributed by atoms with E-state index in [0.717, 1.165) is 29.7 Å². The number of nitrogens with two attached hydrogens (primary N) is 1. The average molecular weight is 332 g/mol. The first-order valence-corrected chi connectivity index (χ1v) is 7.44. The molecule has 0 aliphatic heterocycles. The third kappa shape index (κ3) is 4.02. The molecule has 0 aliphatic rings. The molecule has 6 heteroatoms. The second kappa shape index (κ2) is 6.83. The lowest BCUT2D eigenvalue weighted by molar-refractivity contribution is 0.221. The third-order valence-corrected chi connectivity index (χ3v) is 4.34. The van der Waals surface area contributed by atoms with E-state index in [-0.39, 0.29) is 11.5 Å². The molecule has 0 radical (unpaired) electrons. The summed E-state index contributed by atoms with van der Waals surface area (Å²) in [5.74, 6) is 5.80. The Morgan fingerprint density at radius 2 is 2.16 bits per heavy atom. The fourth-order valence-electron chi connectivity index (χ4n) is 2.01. The minimum Gasteiger partial charge on any atom is -0.308 e. The number of nitrogens with zero attached hydrogens (tertiary/aromatic N) is 3. The molecule has 0 aromatic carbocycles. The molecular weight excluding hydrogens is 306 g/mol. The van der Waals surface area contributed by atoms with Crippen LogP contribution in [0, 0.1) is 5.41 Å². The predicted molar refractivity (Wildman–Crippen MR) is 82.6 cm³/mol. The molecule has 1 aromatic heterocycles. The second-order valence-electron chi connectivity index (χ2n) is 5.85. The zero-order valence-corrected chi connectivity index (χ0v) is 14.2. The van der Waals surface area contributed by atoms with Gasteiger partial charge in [-0.05, 0) is 41.9 Å². The van der Waals surface area contributed by atoms with E-state index >= 15 is 0 Å². The maximum absolute atomic E-state index is 5.80. The minimum atomic E-state index is 0.0627. The van der Waals surface area contributed by atoms with Gasteiger partial charge in [-0.3, -0.25) is 16.0 Å². The van der Waals surface area contributed by atoms with Crippen LogP contribution >= 0.6 is 15.9 Å². The van der Waals surface area contributed by atoms with Crippen LogP contribution in [0.3, 0.4) is 0 Å². The molecule has 0 amide bonds. The van der Waals surface area contributed by atoms with Gasteiger partial charge in [0, 0.05) is 6.54 Å². The van der Waals surface area contributed by atoms with Crippen LogP contribution in [-0.4, -0.2) is 35.3 Å². The molecule has 1 unspecified atom stereocenters. The Morgan fingerprint density at radius 3 is 2.63 bits per heavy atom. The van der Waals surface area contributed by atoms with Crippen molar-refractivity contribution in [3.63, 3.8) is 0 Å². The van der Waals surface area contributed by atoms with Crippen molar-refractivity contribution < 1.29 is 0 Å². The molecule has 0 bridgehead atoms. The highest BCUT2D eigenvalue weighted by Gasteiger charge is 2.32. The summed E-state index contributed by atoms with van der Waals surface area (Å²) in [6.45, 7) is 8.41. The van der Waals surface area contributed by atoms with Crippen molar-refractivity contribution >= 4 is 15.9 Å². The van der Waals surface area contributed by atoms with E-state index in [2.05, 4.69) is 66.2 Å². The van der Waals surface area contributed by atoms with Gasteiger partial charge in [-0.25, -0.2) is 0 Å². The molecule has 110 valence electrons. The monoisotopic (exact) mass is 331 g/mol. The zero-order chi connectivity index (χ0) is 14.6. The van der Waals surface area contributed by atoms with E-state index in [1.807, 2.05) is 10.9 Å². The van der Waals surface area contributed by atoms with E-state index in [9.17, 15) is 0 Å². The summed E-state index contributed by atoms with van der Waals surface area (Å²) in [7, 11) is 4.12. The van der Waals surface area contributed by atoms with Crippen LogP contribution in [0.15, 0.2) is 10.7 Å². The summed E-state index contributed by atoms with van der Waals surface area (Å²) in [6, 6.07) is 0.0662. The van der Waals surface area contributed by atoms with Gasteiger partial charge < -0.3 is 4.90 Å². The predicted octanol–water partition coefficient (Wildman–Crippen LogP) is 2.15. The fourth-order valence-corrected chi connectivity index (χ4v) is 2.54. The smallest absolute Gasteiger partial charge is 0.0715 e. The van der Waals surface area contributed by atoms with Crippen molar-refractivity contribution in [1.29, 1.82) is 0 Å². The van der Waals surface area contributed by atoms with Gasteiger partial charge in [0.05, 0.1) is 29.0 Å². The van der Waals surface area contributed by atoms with Crippen molar-refractivity contribution in [2.75, 3.05) is 20.6 Å². The fraction of sp³-hybridized carbons (Fsp3) is 0.769. The highest BCUT2D eigenvalue weighted by molar-refractivity contribution is 9.10. The van der Waals surface area contributed by atoms with Crippen LogP contribution in [0.2, 0.25) is 0 Å². The number of likely N-dealkylation sites (N-methyl/N-ethyl adjacent to an activating group) is 1. The zero-order valence-electron chi connectivity index (χ0n) is 12.6.